The zero-order valence-corrected chi connectivity index (χ0v) is 20.9. The van der Waals surface area contributed by atoms with E-state index in [1.807, 2.05) is 26.0 Å². The molecule has 190 valence electrons. The fourth-order valence-corrected chi connectivity index (χ4v) is 5.23. The average molecular weight is 469 g/mol. The standard InChI is InChI=1S/C27H45FO5/c1-4-6-8-15-22(29)27(25(30)31,21-13-9-10-14-21)23(33-24-16-11-12-20-32-24)17-19-26(3,28)18-7-5-2/h6,8,17,21-22,24,29H,4-5,7,9-16,18-20H2,1-3H3,(H,30,31)/b8-6-,23-17+/t22-,24?,26?,27-/m1/s1. The van der Waals surface area contributed by atoms with Gasteiger partial charge < -0.3 is 19.7 Å². The number of alkyl halides is 1. The molecule has 0 aromatic carbocycles. The van der Waals surface area contributed by atoms with Crippen molar-refractivity contribution in [1.82, 2.24) is 0 Å². The first-order valence-corrected chi connectivity index (χ1v) is 13.0. The van der Waals surface area contributed by atoms with Crippen LogP contribution in [0.1, 0.15) is 104 Å². The lowest BCUT2D eigenvalue weighted by Gasteiger charge is -2.42. The second kappa shape index (κ2) is 13.5. The van der Waals surface area contributed by atoms with E-state index in [0.29, 0.717) is 32.3 Å². The maximum atomic E-state index is 15.3. The lowest BCUT2D eigenvalue weighted by atomic mass is 9.67. The van der Waals surface area contributed by atoms with Crippen LogP contribution in [0.2, 0.25) is 0 Å². The number of hydrogen-bond donors (Lipinski definition) is 2. The number of allylic oxidation sites excluding steroid dienone is 2. The molecule has 2 aliphatic rings. The summed E-state index contributed by atoms with van der Waals surface area (Å²) in [6.07, 6.45) is 12.6. The molecule has 0 aromatic heterocycles. The third-order valence-electron chi connectivity index (χ3n) is 7.21. The molecule has 1 heterocycles. The summed E-state index contributed by atoms with van der Waals surface area (Å²) in [4.78, 5) is 13.0. The van der Waals surface area contributed by atoms with Crippen molar-refractivity contribution in [3.63, 3.8) is 0 Å². The van der Waals surface area contributed by atoms with Crippen LogP contribution in [0.25, 0.3) is 0 Å². The van der Waals surface area contributed by atoms with Crippen LogP contribution in [0.15, 0.2) is 24.0 Å². The van der Waals surface area contributed by atoms with E-state index in [1.165, 1.54) is 0 Å². The van der Waals surface area contributed by atoms with Crippen molar-refractivity contribution >= 4 is 5.97 Å². The highest BCUT2D eigenvalue weighted by Crippen LogP contribution is 2.50. The molecule has 5 nitrogen and oxygen atoms in total. The van der Waals surface area contributed by atoms with E-state index < -0.39 is 29.4 Å². The zero-order chi connectivity index (χ0) is 24.3. The molecule has 1 aliphatic carbocycles. The third kappa shape index (κ3) is 7.54. The van der Waals surface area contributed by atoms with Crippen LogP contribution < -0.4 is 0 Å². The largest absolute Gasteiger partial charge is 0.480 e. The van der Waals surface area contributed by atoms with E-state index in [0.717, 1.165) is 44.9 Å². The molecule has 33 heavy (non-hydrogen) atoms. The van der Waals surface area contributed by atoms with Gasteiger partial charge in [0.2, 0.25) is 0 Å². The molecule has 2 unspecified atom stereocenters. The summed E-state index contributed by atoms with van der Waals surface area (Å²) in [6.45, 7) is 6.14. The van der Waals surface area contributed by atoms with E-state index >= 15 is 4.39 Å². The molecule has 1 aliphatic heterocycles. The molecule has 0 aromatic rings. The van der Waals surface area contributed by atoms with Crippen LogP contribution in [0.4, 0.5) is 4.39 Å². The van der Waals surface area contributed by atoms with Gasteiger partial charge in [-0.25, -0.2) is 4.39 Å². The Bertz CT molecular complexity index is 647. The summed E-state index contributed by atoms with van der Waals surface area (Å²) >= 11 is 0. The summed E-state index contributed by atoms with van der Waals surface area (Å²) < 4.78 is 27.3. The molecule has 6 heteroatoms. The number of halogens is 1. The Labute approximate surface area is 199 Å². The summed E-state index contributed by atoms with van der Waals surface area (Å²) in [5.41, 5.74) is -3.08. The number of carboxylic acid groups (broad SMARTS) is 1. The molecular formula is C27H45FO5. The highest BCUT2D eigenvalue weighted by molar-refractivity contribution is 5.79. The quantitative estimate of drug-likeness (QED) is 0.219. The van der Waals surface area contributed by atoms with Gasteiger partial charge in [0.05, 0.1) is 12.7 Å². The number of hydrogen-bond acceptors (Lipinski definition) is 4. The van der Waals surface area contributed by atoms with Crippen LogP contribution in [0.5, 0.6) is 0 Å². The van der Waals surface area contributed by atoms with E-state index in [2.05, 4.69) is 0 Å². The number of unbranched alkanes of at least 4 members (excludes halogenated alkanes) is 1. The van der Waals surface area contributed by atoms with Gasteiger partial charge in [-0.15, -0.1) is 0 Å². The fraction of sp³-hybridized carbons (Fsp3) is 0.815. The topological polar surface area (TPSA) is 76.0 Å². The molecule has 2 fully saturated rings. The Kier molecular flexibility index (Phi) is 11.4. The van der Waals surface area contributed by atoms with Crippen molar-refractivity contribution in [2.24, 2.45) is 11.3 Å². The van der Waals surface area contributed by atoms with Gasteiger partial charge in [-0.1, -0.05) is 51.7 Å². The first-order chi connectivity index (χ1) is 15.8. The van der Waals surface area contributed by atoms with Crippen LogP contribution in [-0.2, 0) is 14.3 Å². The lowest BCUT2D eigenvalue weighted by molar-refractivity contribution is -0.182. The number of ether oxygens (including phenoxy) is 2. The molecule has 1 saturated carbocycles. The number of carbonyl (C=O) groups is 1. The number of carboxylic acids is 1. The monoisotopic (exact) mass is 468 g/mol. The van der Waals surface area contributed by atoms with E-state index in [4.69, 9.17) is 9.47 Å². The molecule has 0 bridgehead atoms. The lowest BCUT2D eigenvalue weighted by Crippen LogP contribution is -2.50. The number of aliphatic carboxylic acids is 1. The minimum Gasteiger partial charge on any atom is -0.480 e. The Morgan fingerprint density at radius 3 is 2.45 bits per heavy atom. The molecule has 1 saturated heterocycles. The van der Waals surface area contributed by atoms with Crippen molar-refractivity contribution in [2.45, 2.75) is 122 Å². The van der Waals surface area contributed by atoms with E-state index in [-0.39, 0.29) is 24.5 Å². The fourth-order valence-electron chi connectivity index (χ4n) is 5.23. The molecule has 2 N–H and O–H groups in total. The van der Waals surface area contributed by atoms with Gasteiger partial charge in [0, 0.05) is 12.8 Å². The van der Waals surface area contributed by atoms with Crippen molar-refractivity contribution < 1.29 is 28.9 Å². The van der Waals surface area contributed by atoms with Gasteiger partial charge in [-0.3, -0.25) is 4.79 Å². The minimum atomic E-state index is -1.61. The molecule has 0 spiro atoms. The molecule has 0 amide bonds. The van der Waals surface area contributed by atoms with Gasteiger partial charge in [0.15, 0.2) is 11.7 Å². The van der Waals surface area contributed by atoms with Crippen molar-refractivity contribution in [3.05, 3.63) is 24.0 Å². The number of aliphatic hydroxyl groups excluding tert-OH is 1. The normalized spacial score (nSPS) is 25.0. The Balaban J connectivity index is 2.49. The molecular weight excluding hydrogens is 423 g/mol. The van der Waals surface area contributed by atoms with Crippen LogP contribution in [0.3, 0.4) is 0 Å². The van der Waals surface area contributed by atoms with E-state index in [9.17, 15) is 15.0 Å². The molecule has 2 rings (SSSR count). The smallest absolute Gasteiger partial charge is 0.320 e. The van der Waals surface area contributed by atoms with Gasteiger partial charge >= 0.3 is 5.97 Å². The zero-order valence-electron chi connectivity index (χ0n) is 20.9. The highest BCUT2D eigenvalue weighted by Gasteiger charge is 2.56. The van der Waals surface area contributed by atoms with Crippen LogP contribution in [-0.4, -0.2) is 40.9 Å². The van der Waals surface area contributed by atoms with Gasteiger partial charge in [0.25, 0.3) is 0 Å². The summed E-state index contributed by atoms with van der Waals surface area (Å²) in [5.74, 6) is -1.18. The first-order valence-electron chi connectivity index (χ1n) is 13.0. The van der Waals surface area contributed by atoms with Crippen LogP contribution in [0, 0.1) is 11.3 Å². The van der Waals surface area contributed by atoms with Gasteiger partial charge in [-0.05, 0) is 63.9 Å². The summed E-state index contributed by atoms with van der Waals surface area (Å²) in [6, 6.07) is 0. The predicted octanol–water partition coefficient (Wildman–Crippen LogP) is 6.70. The maximum Gasteiger partial charge on any atom is 0.320 e. The maximum absolute atomic E-state index is 15.3. The summed E-state index contributed by atoms with van der Waals surface area (Å²) in [5, 5.41) is 22.0. The predicted molar refractivity (Wildman–Crippen MR) is 128 cm³/mol. The Hall–Kier alpha value is -1.40. The van der Waals surface area contributed by atoms with Crippen molar-refractivity contribution in [3.8, 4) is 0 Å². The number of rotatable bonds is 14. The van der Waals surface area contributed by atoms with Crippen LogP contribution >= 0.6 is 0 Å². The molecule has 4 atom stereocenters. The first kappa shape index (κ1) is 27.8. The minimum absolute atomic E-state index is 0.0499. The second-order valence-electron chi connectivity index (χ2n) is 9.99. The van der Waals surface area contributed by atoms with Crippen molar-refractivity contribution in [1.29, 1.82) is 0 Å². The highest BCUT2D eigenvalue weighted by atomic mass is 19.1. The number of aliphatic hydroxyl groups is 1. The van der Waals surface area contributed by atoms with E-state index in [1.54, 1.807) is 13.0 Å². The summed E-state index contributed by atoms with van der Waals surface area (Å²) in [7, 11) is 0. The second-order valence-corrected chi connectivity index (χ2v) is 9.99. The Morgan fingerprint density at radius 1 is 1.18 bits per heavy atom. The SMILES string of the molecule is CC/C=C\C[C@@H](O)[C@@](C(=O)O)(/C(=C\CC(C)(F)CCCC)OC1CCCCO1)C1CCCC1. The van der Waals surface area contributed by atoms with Crippen molar-refractivity contribution in [2.75, 3.05) is 6.61 Å². The molecule has 0 radical (unpaired) electrons. The van der Waals surface area contributed by atoms with Gasteiger partial charge in [-0.2, -0.15) is 0 Å². The third-order valence-corrected chi connectivity index (χ3v) is 7.21. The average Bonchev–Trinajstić information content (AvgIpc) is 3.32. The van der Waals surface area contributed by atoms with Gasteiger partial charge in [0.1, 0.15) is 11.4 Å². The Morgan fingerprint density at radius 2 is 1.88 bits per heavy atom.